The Morgan fingerprint density at radius 3 is 2.90 bits per heavy atom. The molecule has 0 aromatic carbocycles. The van der Waals surface area contributed by atoms with Gasteiger partial charge in [0.15, 0.2) is 0 Å². The van der Waals surface area contributed by atoms with E-state index < -0.39 is 0 Å². The van der Waals surface area contributed by atoms with Gasteiger partial charge in [0.05, 0.1) is 24.3 Å². The molecule has 5 nitrogen and oxygen atoms in total. The highest BCUT2D eigenvalue weighted by Crippen LogP contribution is 2.33. The van der Waals surface area contributed by atoms with Crippen LogP contribution in [0.1, 0.15) is 58.8 Å². The van der Waals surface area contributed by atoms with Crippen LogP contribution in [0.5, 0.6) is 0 Å². The van der Waals surface area contributed by atoms with E-state index in [0.29, 0.717) is 5.92 Å². The van der Waals surface area contributed by atoms with Crippen LogP contribution in [0.3, 0.4) is 0 Å². The van der Waals surface area contributed by atoms with E-state index in [1.807, 2.05) is 12.5 Å². The maximum Gasteiger partial charge on any atom is 0.217 e. The average Bonchev–Trinajstić information content (AvgIpc) is 2.84. The number of carbonyl (C=O) groups is 1. The highest BCUT2D eigenvalue weighted by molar-refractivity contribution is 5.73. The second-order valence-electron chi connectivity index (χ2n) is 6.35. The number of rotatable bonds is 5. The van der Waals surface area contributed by atoms with Gasteiger partial charge in [-0.05, 0) is 32.1 Å². The van der Waals surface area contributed by atoms with Gasteiger partial charge in [-0.1, -0.05) is 13.8 Å². The highest BCUT2D eigenvalue weighted by Gasteiger charge is 2.32. The molecule has 0 bridgehead atoms. The average molecular weight is 293 g/mol. The summed E-state index contributed by atoms with van der Waals surface area (Å²) in [5, 5.41) is 3.07. The molecule has 0 radical (unpaired) electrons. The predicted molar refractivity (Wildman–Crippen MR) is 81.8 cm³/mol. The van der Waals surface area contributed by atoms with Crippen molar-refractivity contribution in [1.82, 2.24) is 14.9 Å². The largest absolute Gasteiger partial charge is 0.369 e. The molecule has 1 N–H and O–H groups in total. The van der Waals surface area contributed by atoms with E-state index in [2.05, 4.69) is 35.6 Å². The van der Waals surface area contributed by atoms with Gasteiger partial charge < -0.3 is 14.6 Å². The summed E-state index contributed by atoms with van der Waals surface area (Å²) < 4.78 is 8.40. The SMILES string of the molecule is CCn1cncc1[C@@H]1C[C@H](NC(C)=O)C[C@H](CC(C)C)O1. The molecular formula is C16H27N3O2. The molecule has 1 fully saturated rings. The number of aryl methyl sites for hydroxylation is 1. The van der Waals surface area contributed by atoms with Crippen LogP contribution in [-0.2, 0) is 16.1 Å². The third kappa shape index (κ3) is 4.30. The minimum absolute atomic E-state index is 0.0156. The normalized spacial score (nSPS) is 26.0. The molecule has 1 saturated heterocycles. The van der Waals surface area contributed by atoms with Gasteiger partial charge >= 0.3 is 0 Å². The quantitative estimate of drug-likeness (QED) is 0.908. The zero-order chi connectivity index (χ0) is 15.4. The van der Waals surface area contributed by atoms with E-state index in [4.69, 9.17) is 4.74 Å². The third-order valence-electron chi connectivity index (χ3n) is 3.96. The molecule has 1 aromatic rings. The summed E-state index contributed by atoms with van der Waals surface area (Å²) in [6.07, 6.45) is 6.68. The van der Waals surface area contributed by atoms with Crippen LogP contribution >= 0.6 is 0 Å². The molecule has 3 atom stereocenters. The van der Waals surface area contributed by atoms with Crippen molar-refractivity contribution in [2.45, 2.75) is 71.8 Å². The molecule has 21 heavy (non-hydrogen) atoms. The molecule has 1 aromatic heterocycles. The minimum atomic E-state index is 0.0156. The number of nitrogens with zero attached hydrogens (tertiary/aromatic N) is 2. The molecule has 0 aliphatic carbocycles. The lowest BCUT2D eigenvalue weighted by Crippen LogP contribution is -2.42. The van der Waals surface area contributed by atoms with Crippen molar-refractivity contribution in [1.29, 1.82) is 0 Å². The van der Waals surface area contributed by atoms with Crippen molar-refractivity contribution in [2.75, 3.05) is 0 Å². The Balaban J connectivity index is 2.13. The van der Waals surface area contributed by atoms with E-state index in [1.54, 1.807) is 6.92 Å². The Labute approximate surface area is 127 Å². The maximum absolute atomic E-state index is 11.4. The van der Waals surface area contributed by atoms with Gasteiger partial charge in [-0.15, -0.1) is 0 Å². The van der Waals surface area contributed by atoms with Gasteiger partial charge in [0.25, 0.3) is 0 Å². The summed E-state index contributed by atoms with van der Waals surface area (Å²) in [4.78, 5) is 15.6. The number of amides is 1. The topological polar surface area (TPSA) is 56.2 Å². The van der Waals surface area contributed by atoms with Crippen LogP contribution < -0.4 is 5.32 Å². The Kier molecular flexibility index (Phi) is 5.39. The first kappa shape index (κ1) is 16.0. The van der Waals surface area contributed by atoms with Gasteiger partial charge in [0.2, 0.25) is 5.91 Å². The van der Waals surface area contributed by atoms with Crippen molar-refractivity contribution < 1.29 is 9.53 Å². The molecule has 5 heteroatoms. The number of carbonyl (C=O) groups excluding carboxylic acids is 1. The van der Waals surface area contributed by atoms with E-state index in [9.17, 15) is 4.79 Å². The molecule has 2 rings (SSSR count). The molecule has 0 saturated carbocycles. The number of aromatic nitrogens is 2. The van der Waals surface area contributed by atoms with E-state index in [1.165, 1.54) is 0 Å². The third-order valence-corrected chi connectivity index (χ3v) is 3.96. The lowest BCUT2D eigenvalue weighted by molar-refractivity contribution is -0.122. The molecule has 1 aliphatic rings. The van der Waals surface area contributed by atoms with Crippen molar-refractivity contribution in [2.24, 2.45) is 5.92 Å². The second kappa shape index (κ2) is 7.07. The Morgan fingerprint density at radius 1 is 1.52 bits per heavy atom. The van der Waals surface area contributed by atoms with Gasteiger partial charge in [0, 0.05) is 19.5 Å². The fourth-order valence-electron chi connectivity index (χ4n) is 3.15. The second-order valence-corrected chi connectivity index (χ2v) is 6.35. The first-order valence-corrected chi connectivity index (χ1v) is 7.92. The number of hydrogen-bond donors (Lipinski definition) is 1. The number of imidazole rings is 1. The summed E-state index contributed by atoms with van der Waals surface area (Å²) in [5.41, 5.74) is 1.11. The summed E-state index contributed by atoms with van der Waals surface area (Å²) in [5.74, 6) is 0.621. The van der Waals surface area contributed by atoms with Crippen LogP contribution in [0, 0.1) is 5.92 Å². The first-order valence-electron chi connectivity index (χ1n) is 7.92. The molecular weight excluding hydrogens is 266 g/mol. The summed E-state index contributed by atoms with van der Waals surface area (Å²) in [7, 11) is 0. The lowest BCUT2D eigenvalue weighted by atomic mass is 9.92. The van der Waals surface area contributed by atoms with E-state index >= 15 is 0 Å². The van der Waals surface area contributed by atoms with Gasteiger partial charge in [-0.2, -0.15) is 0 Å². The van der Waals surface area contributed by atoms with Crippen LogP contribution in [-0.4, -0.2) is 27.6 Å². The van der Waals surface area contributed by atoms with E-state index in [0.717, 1.165) is 31.5 Å². The van der Waals surface area contributed by atoms with Gasteiger partial charge in [-0.3, -0.25) is 4.79 Å². The lowest BCUT2D eigenvalue weighted by Gasteiger charge is -2.36. The van der Waals surface area contributed by atoms with Crippen molar-refractivity contribution in [3.8, 4) is 0 Å². The Morgan fingerprint density at radius 2 is 2.29 bits per heavy atom. The van der Waals surface area contributed by atoms with E-state index in [-0.39, 0.29) is 24.2 Å². The van der Waals surface area contributed by atoms with Crippen molar-refractivity contribution >= 4 is 5.91 Å². The maximum atomic E-state index is 11.4. The summed E-state index contributed by atoms with van der Waals surface area (Å²) >= 11 is 0. The van der Waals surface area contributed by atoms with Crippen LogP contribution in [0.15, 0.2) is 12.5 Å². The molecule has 0 spiro atoms. The molecule has 1 amide bonds. The first-order chi connectivity index (χ1) is 9.99. The fraction of sp³-hybridized carbons (Fsp3) is 0.750. The Bertz CT molecular complexity index is 470. The Hall–Kier alpha value is -1.36. The molecule has 1 aliphatic heterocycles. The van der Waals surface area contributed by atoms with Crippen molar-refractivity contribution in [3.05, 3.63) is 18.2 Å². The fourth-order valence-corrected chi connectivity index (χ4v) is 3.15. The number of hydrogen-bond acceptors (Lipinski definition) is 3. The molecule has 118 valence electrons. The van der Waals surface area contributed by atoms with Crippen LogP contribution in [0.2, 0.25) is 0 Å². The number of nitrogens with one attached hydrogen (secondary N) is 1. The van der Waals surface area contributed by atoms with Crippen LogP contribution in [0.25, 0.3) is 0 Å². The minimum Gasteiger partial charge on any atom is -0.369 e. The standard InChI is InChI=1S/C16H27N3O2/c1-5-19-10-17-9-15(19)16-8-13(18-12(4)20)7-14(21-16)6-11(2)3/h9-11,13-14,16H,5-8H2,1-4H3,(H,18,20)/t13-,14+,16+/m1/s1. The zero-order valence-electron chi connectivity index (χ0n) is 13.5. The van der Waals surface area contributed by atoms with Gasteiger partial charge in [-0.25, -0.2) is 4.98 Å². The highest BCUT2D eigenvalue weighted by atomic mass is 16.5. The summed E-state index contributed by atoms with van der Waals surface area (Å²) in [6.45, 7) is 8.98. The summed E-state index contributed by atoms with van der Waals surface area (Å²) in [6, 6.07) is 0.185. The van der Waals surface area contributed by atoms with Crippen molar-refractivity contribution in [3.63, 3.8) is 0 Å². The predicted octanol–water partition coefficient (Wildman–Crippen LogP) is 2.67. The molecule has 2 heterocycles. The smallest absolute Gasteiger partial charge is 0.217 e. The van der Waals surface area contributed by atoms with Crippen LogP contribution in [0.4, 0.5) is 0 Å². The number of ether oxygens (including phenoxy) is 1. The molecule has 0 unspecified atom stereocenters. The monoisotopic (exact) mass is 293 g/mol. The van der Waals surface area contributed by atoms with Gasteiger partial charge in [0.1, 0.15) is 6.10 Å². The zero-order valence-corrected chi connectivity index (χ0v) is 13.5.